The number of hydrogen-bond acceptors (Lipinski definition) is 4. The largest absolute Gasteiger partial charge is 0.367 e. The number of rotatable bonds is 4. The van der Waals surface area contributed by atoms with Gasteiger partial charge in [-0.15, -0.1) is 0 Å². The van der Waals surface area contributed by atoms with Crippen molar-refractivity contribution in [1.82, 2.24) is 15.3 Å². The molecule has 0 spiro atoms. The molecule has 0 saturated heterocycles. The van der Waals surface area contributed by atoms with E-state index in [1.54, 1.807) is 0 Å². The Kier molecular flexibility index (Phi) is 4.53. The Balaban J connectivity index is 2.48. The molecule has 1 amide bonds. The molecule has 0 saturated carbocycles. The molecule has 1 rings (SSSR count). The van der Waals surface area contributed by atoms with E-state index < -0.39 is 0 Å². The minimum Gasteiger partial charge on any atom is -0.367 e. The van der Waals surface area contributed by atoms with Gasteiger partial charge in [0.05, 0.1) is 6.33 Å². The number of carbonyl (C=O) groups excluding carboxylic acids is 1. The van der Waals surface area contributed by atoms with E-state index in [4.69, 9.17) is 0 Å². The van der Waals surface area contributed by atoms with Crippen molar-refractivity contribution in [2.45, 2.75) is 6.92 Å². The number of aromatic nitrogens is 2. The van der Waals surface area contributed by atoms with Gasteiger partial charge in [0.25, 0.3) is 5.56 Å². The molecule has 82 valence electrons. The fourth-order valence-electron chi connectivity index (χ4n) is 0.926. The quantitative estimate of drug-likeness (QED) is 0.535. The minimum atomic E-state index is -0.173. The van der Waals surface area contributed by atoms with E-state index in [2.05, 4.69) is 20.6 Å². The molecule has 0 fully saturated rings. The van der Waals surface area contributed by atoms with E-state index in [-0.39, 0.29) is 11.5 Å². The number of carbonyl (C=O) groups is 1. The molecule has 0 aromatic carbocycles. The second kappa shape index (κ2) is 5.69. The highest BCUT2D eigenvalue weighted by molar-refractivity contribution is 14.1. The standard InChI is InChI=1S/C8H11IN4O2/c1-5(14)10-2-3-11-7-6(9)8(15)13-4-12-7/h4H,2-3H2,1H3,(H,10,14)(H2,11,12,13,15). The van der Waals surface area contributed by atoms with Crippen molar-refractivity contribution in [2.75, 3.05) is 18.4 Å². The molecule has 0 radical (unpaired) electrons. The van der Waals surface area contributed by atoms with Crippen LogP contribution in [0.3, 0.4) is 0 Å². The second-order valence-electron chi connectivity index (χ2n) is 2.80. The van der Waals surface area contributed by atoms with Crippen LogP contribution in [0.5, 0.6) is 0 Å². The SMILES string of the molecule is CC(=O)NCCNc1nc[nH]c(=O)c1I. The Labute approximate surface area is 100 Å². The lowest BCUT2D eigenvalue weighted by Gasteiger charge is -2.06. The molecule has 0 aliphatic rings. The lowest BCUT2D eigenvalue weighted by atomic mass is 10.5. The Morgan fingerprint density at radius 3 is 3.00 bits per heavy atom. The number of amides is 1. The van der Waals surface area contributed by atoms with Crippen molar-refractivity contribution >= 4 is 34.3 Å². The minimum absolute atomic E-state index is 0.0784. The van der Waals surface area contributed by atoms with Gasteiger partial charge in [0, 0.05) is 20.0 Å². The summed E-state index contributed by atoms with van der Waals surface area (Å²) in [4.78, 5) is 28.2. The maximum Gasteiger partial charge on any atom is 0.266 e. The van der Waals surface area contributed by atoms with E-state index in [1.165, 1.54) is 13.3 Å². The van der Waals surface area contributed by atoms with Crippen molar-refractivity contribution < 1.29 is 4.79 Å². The maximum atomic E-state index is 11.2. The van der Waals surface area contributed by atoms with E-state index in [0.29, 0.717) is 22.5 Å². The zero-order valence-electron chi connectivity index (χ0n) is 8.13. The molecule has 0 aliphatic carbocycles. The highest BCUT2D eigenvalue weighted by atomic mass is 127. The summed E-state index contributed by atoms with van der Waals surface area (Å²) in [5.41, 5.74) is -0.173. The lowest BCUT2D eigenvalue weighted by Crippen LogP contribution is -2.27. The van der Waals surface area contributed by atoms with Crippen LogP contribution in [0.25, 0.3) is 0 Å². The summed E-state index contributed by atoms with van der Waals surface area (Å²) in [5, 5.41) is 5.59. The predicted molar refractivity (Wildman–Crippen MR) is 64.7 cm³/mol. The van der Waals surface area contributed by atoms with Crippen LogP contribution in [-0.2, 0) is 4.79 Å². The third-order valence-corrected chi connectivity index (χ3v) is 2.59. The number of halogens is 1. The molecule has 3 N–H and O–H groups in total. The van der Waals surface area contributed by atoms with E-state index in [0.717, 1.165) is 0 Å². The van der Waals surface area contributed by atoms with Crippen molar-refractivity contribution in [3.05, 3.63) is 20.3 Å². The fourth-order valence-corrected chi connectivity index (χ4v) is 1.41. The van der Waals surface area contributed by atoms with Gasteiger partial charge in [0.1, 0.15) is 9.39 Å². The highest BCUT2D eigenvalue weighted by Crippen LogP contribution is 2.07. The van der Waals surface area contributed by atoms with Crippen molar-refractivity contribution in [3.8, 4) is 0 Å². The van der Waals surface area contributed by atoms with Gasteiger partial charge in [0.2, 0.25) is 5.91 Å². The number of nitrogens with zero attached hydrogens (tertiary/aromatic N) is 1. The first-order valence-electron chi connectivity index (χ1n) is 4.32. The smallest absolute Gasteiger partial charge is 0.266 e. The number of anilines is 1. The molecule has 1 aromatic rings. The molecular formula is C8H11IN4O2. The van der Waals surface area contributed by atoms with Crippen LogP contribution in [0.1, 0.15) is 6.92 Å². The normalized spacial score (nSPS) is 9.73. The van der Waals surface area contributed by atoms with E-state index >= 15 is 0 Å². The summed E-state index contributed by atoms with van der Waals surface area (Å²) < 4.78 is 0.512. The molecule has 0 bridgehead atoms. The summed E-state index contributed by atoms with van der Waals surface area (Å²) in [7, 11) is 0. The average molecular weight is 322 g/mol. The summed E-state index contributed by atoms with van der Waals surface area (Å²) in [6.07, 6.45) is 1.34. The zero-order chi connectivity index (χ0) is 11.3. The first kappa shape index (κ1) is 12.0. The van der Waals surface area contributed by atoms with Crippen LogP contribution in [0.4, 0.5) is 5.82 Å². The molecule has 7 heteroatoms. The molecule has 0 atom stereocenters. The summed E-state index contributed by atoms with van der Waals surface area (Å²) >= 11 is 1.91. The van der Waals surface area contributed by atoms with Crippen molar-refractivity contribution in [1.29, 1.82) is 0 Å². The topological polar surface area (TPSA) is 86.9 Å². The van der Waals surface area contributed by atoms with Gasteiger partial charge in [-0.1, -0.05) is 0 Å². The number of aromatic amines is 1. The molecular weight excluding hydrogens is 311 g/mol. The summed E-state index contributed by atoms with van der Waals surface area (Å²) in [6.45, 7) is 2.49. The van der Waals surface area contributed by atoms with Crippen LogP contribution in [-0.4, -0.2) is 29.0 Å². The zero-order valence-corrected chi connectivity index (χ0v) is 10.3. The van der Waals surface area contributed by atoms with Gasteiger partial charge < -0.3 is 15.6 Å². The summed E-state index contributed by atoms with van der Waals surface area (Å²) in [5.74, 6) is 0.454. The first-order chi connectivity index (χ1) is 7.11. The molecule has 0 aliphatic heterocycles. The molecule has 15 heavy (non-hydrogen) atoms. The summed E-state index contributed by atoms with van der Waals surface area (Å²) in [6, 6.07) is 0. The monoisotopic (exact) mass is 322 g/mol. The third-order valence-electron chi connectivity index (χ3n) is 1.59. The molecule has 6 nitrogen and oxygen atoms in total. The Morgan fingerprint density at radius 2 is 2.33 bits per heavy atom. The van der Waals surface area contributed by atoms with Crippen molar-refractivity contribution in [2.24, 2.45) is 0 Å². The van der Waals surface area contributed by atoms with Crippen LogP contribution >= 0.6 is 22.6 Å². The van der Waals surface area contributed by atoms with Gasteiger partial charge >= 0.3 is 0 Å². The highest BCUT2D eigenvalue weighted by Gasteiger charge is 2.03. The van der Waals surface area contributed by atoms with E-state index in [9.17, 15) is 9.59 Å². The van der Waals surface area contributed by atoms with Gasteiger partial charge in [-0.2, -0.15) is 0 Å². The van der Waals surface area contributed by atoms with Gasteiger partial charge in [0.15, 0.2) is 0 Å². The number of H-pyrrole nitrogens is 1. The predicted octanol–water partition coefficient (Wildman–Crippen LogP) is -0.0775. The van der Waals surface area contributed by atoms with Gasteiger partial charge in [-0.05, 0) is 22.6 Å². The lowest BCUT2D eigenvalue weighted by molar-refractivity contribution is -0.118. The Hall–Kier alpha value is -1.12. The van der Waals surface area contributed by atoms with Gasteiger partial charge in [-0.3, -0.25) is 9.59 Å². The third kappa shape index (κ3) is 3.86. The fraction of sp³-hybridized carbons (Fsp3) is 0.375. The Morgan fingerprint density at radius 1 is 1.60 bits per heavy atom. The number of hydrogen-bond donors (Lipinski definition) is 3. The van der Waals surface area contributed by atoms with E-state index in [1.807, 2.05) is 22.6 Å². The first-order valence-corrected chi connectivity index (χ1v) is 5.40. The van der Waals surface area contributed by atoms with Crippen LogP contribution in [0.2, 0.25) is 0 Å². The molecule has 0 unspecified atom stereocenters. The van der Waals surface area contributed by atoms with Gasteiger partial charge in [-0.25, -0.2) is 4.98 Å². The van der Waals surface area contributed by atoms with Crippen LogP contribution in [0, 0.1) is 3.57 Å². The molecule has 1 aromatic heterocycles. The maximum absolute atomic E-state index is 11.2. The average Bonchev–Trinajstić information content (AvgIpc) is 2.18. The van der Waals surface area contributed by atoms with Crippen LogP contribution in [0.15, 0.2) is 11.1 Å². The Bertz CT molecular complexity index is 404. The second-order valence-corrected chi connectivity index (χ2v) is 3.88. The van der Waals surface area contributed by atoms with Crippen molar-refractivity contribution in [3.63, 3.8) is 0 Å². The molecule has 1 heterocycles. The number of nitrogens with one attached hydrogen (secondary N) is 3. The van der Waals surface area contributed by atoms with Crippen LogP contribution < -0.4 is 16.2 Å².